The van der Waals surface area contributed by atoms with Crippen LogP contribution in [0.4, 0.5) is 0 Å². The lowest BCUT2D eigenvalue weighted by atomic mass is 9.94. The number of morpholine rings is 1. The molecule has 1 aromatic rings. The van der Waals surface area contributed by atoms with Gasteiger partial charge in [0.2, 0.25) is 5.91 Å². The second kappa shape index (κ2) is 7.87. The van der Waals surface area contributed by atoms with Crippen molar-refractivity contribution in [1.82, 2.24) is 9.80 Å². The highest BCUT2D eigenvalue weighted by Gasteiger charge is 2.31. The van der Waals surface area contributed by atoms with Gasteiger partial charge in [-0.05, 0) is 37.0 Å². The van der Waals surface area contributed by atoms with Crippen LogP contribution < -0.4 is 0 Å². The van der Waals surface area contributed by atoms with Crippen molar-refractivity contribution < 1.29 is 19.4 Å². The van der Waals surface area contributed by atoms with E-state index in [-0.39, 0.29) is 23.5 Å². The third-order valence-corrected chi connectivity index (χ3v) is 5.15. The lowest BCUT2D eigenvalue weighted by Crippen LogP contribution is -2.47. The SMILES string of the molecule is CCc1ccc(O)c(C(=O)N2CCC(C(=O)N3CCOCC3)CC2)c1. The topological polar surface area (TPSA) is 70.1 Å². The number of hydrogen-bond acceptors (Lipinski definition) is 4. The van der Waals surface area contributed by atoms with Gasteiger partial charge in [-0.25, -0.2) is 0 Å². The minimum Gasteiger partial charge on any atom is -0.507 e. The lowest BCUT2D eigenvalue weighted by Gasteiger charge is -2.35. The summed E-state index contributed by atoms with van der Waals surface area (Å²) in [6.07, 6.45) is 2.17. The molecule has 1 aromatic carbocycles. The molecular formula is C19H26N2O4. The number of aromatic hydroxyl groups is 1. The maximum Gasteiger partial charge on any atom is 0.257 e. The summed E-state index contributed by atoms with van der Waals surface area (Å²) < 4.78 is 5.29. The predicted molar refractivity (Wildman–Crippen MR) is 93.5 cm³/mol. The maximum absolute atomic E-state index is 12.7. The quantitative estimate of drug-likeness (QED) is 0.904. The van der Waals surface area contributed by atoms with Gasteiger partial charge in [-0.2, -0.15) is 0 Å². The Bertz CT molecular complexity index is 632. The lowest BCUT2D eigenvalue weighted by molar-refractivity contribution is -0.141. The molecule has 0 bridgehead atoms. The molecule has 1 N–H and O–H groups in total. The number of amides is 2. The Hall–Kier alpha value is -2.08. The highest BCUT2D eigenvalue weighted by molar-refractivity contribution is 5.97. The molecule has 0 radical (unpaired) electrons. The van der Waals surface area contributed by atoms with Crippen molar-refractivity contribution in [2.24, 2.45) is 5.92 Å². The average molecular weight is 346 g/mol. The molecule has 2 aliphatic rings. The summed E-state index contributed by atoms with van der Waals surface area (Å²) in [5.74, 6) is 0.0442. The minimum atomic E-state index is -0.148. The van der Waals surface area contributed by atoms with E-state index in [1.165, 1.54) is 0 Å². The summed E-state index contributed by atoms with van der Waals surface area (Å²) in [7, 11) is 0. The fourth-order valence-corrected chi connectivity index (χ4v) is 3.52. The first-order chi connectivity index (χ1) is 12.1. The molecule has 6 heteroatoms. The smallest absolute Gasteiger partial charge is 0.257 e. The van der Waals surface area contributed by atoms with Gasteiger partial charge >= 0.3 is 0 Å². The van der Waals surface area contributed by atoms with Crippen LogP contribution in [0.15, 0.2) is 18.2 Å². The molecule has 6 nitrogen and oxygen atoms in total. The first kappa shape index (κ1) is 17.7. The van der Waals surface area contributed by atoms with Gasteiger partial charge < -0.3 is 19.6 Å². The standard InChI is InChI=1S/C19H26N2O4/c1-2-14-3-4-17(22)16(13-14)19(24)20-7-5-15(6-8-20)18(23)21-9-11-25-12-10-21/h3-4,13,15,22H,2,5-12H2,1H3. The van der Waals surface area contributed by atoms with E-state index >= 15 is 0 Å². The van der Waals surface area contributed by atoms with Gasteiger partial charge in [-0.1, -0.05) is 13.0 Å². The van der Waals surface area contributed by atoms with E-state index in [0.29, 0.717) is 57.8 Å². The number of carbonyl (C=O) groups excluding carboxylic acids is 2. The van der Waals surface area contributed by atoms with Gasteiger partial charge in [-0.3, -0.25) is 9.59 Å². The number of carbonyl (C=O) groups is 2. The highest BCUT2D eigenvalue weighted by atomic mass is 16.5. The van der Waals surface area contributed by atoms with Crippen molar-refractivity contribution in [2.75, 3.05) is 39.4 Å². The summed E-state index contributed by atoms with van der Waals surface area (Å²) in [5, 5.41) is 10.0. The van der Waals surface area contributed by atoms with Crippen molar-refractivity contribution in [3.63, 3.8) is 0 Å². The zero-order valence-electron chi connectivity index (χ0n) is 14.7. The van der Waals surface area contributed by atoms with Crippen LogP contribution in [0.1, 0.15) is 35.7 Å². The molecule has 0 aromatic heterocycles. The van der Waals surface area contributed by atoms with E-state index in [0.717, 1.165) is 12.0 Å². The molecule has 25 heavy (non-hydrogen) atoms. The number of likely N-dealkylation sites (tertiary alicyclic amines) is 1. The second-order valence-corrected chi connectivity index (χ2v) is 6.71. The van der Waals surface area contributed by atoms with Crippen LogP contribution in [0.5, 0.6) is 5.75 Å². The zero-order chi connectivity index (χ0) is 17.8. The van der Waals surface area contributed by atoms with Crippen LogP contribution in [-0.2, 0) is 16.0 Å². The molecule has 2 amide bonds. The van der Waals surface area contributed by atoms with E-state index < -0.39 is 0 Å². The van der Waals surface area contributed by atoms with E-state index in [9.17, 15) is 14.7 Å². The van der Waals surface area contributed by atoms with Gasteiger partial charge in [0.1, 0.15) is 5.75 Å². The molecule has 136 valence electrons. The van der Waals surface area contributed by atoms with Crippen LogP contribution in [0, 0.1) is 5.92 Å². The van der Waals surface area contributed by atoms with Gasteiger partial charge in [0.25, 0.3) is 5.91 Å². The van der Waals surface area contributed by atoms with Crippen LogP contribution in [-0.4, -0.2) is 66.1 Å². The minimum absolute atomic E-state index is 0.0160. The Morgan fingerprint density at radius 2 is 1.80 bits per heavy atom. The Morgan fingerprint density at radius 3 is 2.44 bits per heavy atom. The largest absolute Gasteiger partial charge is 0.507 e. The van der Waals surface area contributed by atoms with Crippen molar-refractivity contribution in [3.8, 4) is 5.75 Å². The predicted octanol–water partition coefficient (Wildman–Crippen LogP) is 1.67. The van der Waals surface area contributed by atoms with Crippen molar-refractivity contribution in [1.29, 1.82) is 0 Å². The summed E-state index contributed by atoms with van der Waals surface area (Å²) in [5.41, 5.74) is 1.39. The average Bonchev–Trinajstić information content (AvgIpc) is 2.68. The van der Waals surface area contributed by atoms with E-state index in [4.69, 9.17) is 4.74 Å². The Balaban J connectivity index is 1.60. The first-order valence-corrected chi connectivity index (χ1v) is 9.08. The molecule has 0 aliphatic carbocycles. The summed E-state index contributed by atoms with van der Waals surface area (Å²) in [4.78, 5) is 28.9. The van der Waals surface area contributed by atoms with Gasteiger partial charge in [0, 0.05) is 32.1 Å². The van der Waals surface area contributed by atoms with Crippen LogP contribution in [0.25, 0.3) is 0 Å². The molecule has 0 atom stereocenters. The third kappa shape index (κ3) is 3.95. The van der Waals surface area contributed by atoms with Crippen LogP contribution in [0.3, 0.4) is 0 Å². The monoisotopic (exact) mass is 346 g/mol. The van der Waals surface area contributed by atoms with Crippen molar-refractivity contribution >= 4 is 11.8 Å². The number of rotatable bonds is 3. The number of phenols is 1. The number of phenolic OH excluding ortho intramolecular Hbond substituents is 1. The number of hydrogen-bond donors (Lipinski definition) is 1. The van der Waals surface area contributed by atoms with Gasteiger partial charge in [-0.15, -0.1) is 0 Å². The fourth-order valence-electron chi connectivity index (χ4n) is 3.52. The number of nitrogens with zero attached hydrogens (tertiary/aromatic N) is 2. The summed E-state index contributed by atoms with van der Waals surface area (Å²) >= 11 is 0. The second-order valence-electron chi connectivity index (χ2n) is 6.71. The molecule has 0 unspecified atom stereocenters. The van der Waals surface area contributed by atoms with Crippen molar-refractivity contribution in [2.45, 2.75) is 26.2 Å². The van der Waals surface area contributed by atoms with Gasteiger partial charge in [0.05, 0.1) is 18.8 Å². The van der Waals surface area contributed by atoms with Crippen molar-refractivity contribution in [3.05, 3.63) is 29.3 Å². The van der Waals surface area contributed by atoms with Crippen LogP contribution >= 0.6 is 0 Å². The highest BCUT2D eigenvalue weighted by Crippen LogP contribution is 2.25. The molecule has 2 fully saturated rings. The number of piperidine rings is 1. The maximum atomic E-state index is 12.7. The molecular weight excluding hydrogens is 320 g/mol. The number of benzene rings is 1. The summed E-state index contributed by atoms with van der Waals surface area (Å²) in [6, 6.07) is 5.18. The number of ether oxygens (including phenoxy) is 1. The third-order valence-electron chi connectivity index (χ3n) is 5.15. The van der Waals surface area contributed by atoms with E-state index in [1.807, 2.05) is 17.9 Å². The fraction of sp³-hybridized carbons (Fsp3) is 0.579. The zero-order valence-corrected chi connectivity index (χ0v) is 14.7. The Labute approximate surface area is 148 Å². The van der Waals surface area contributed by atoms with E-state index in [2.05, 4.69) is 0 Å². The van der Waals surface area contributed by atoms with Crippen LogP contribution in [0.2, 0.25) is 0 Å². The Kier molecular flexibility index (Phi) is 5.58. The van der Waals surface area contributed by atoms with Gasteiger partial charge in [0.15, 0.2) is 0 Å². The molecule has 2 aliphatic heterocycles. The molecule has 2 saturated heterocycles. The molecule has 0 spiro atoms. The Morgan fingerprint density at radius 1 is 1.12 bits per heavy atom. The van der Waals surface area contributed by atoms with E-state index in [1.54, 1.807) is 17.0 Å². The molecule has 3 rings (SSSR count). The normalized spacial score (nSPS) is 19.1. The first-order valence-electron chi connectivity index (χ1n) is 9.08. The molecule has 2 heterocycles. The summed E-state index contributed by atoms with van der Waals surface area (Å²) in [6.45, 7) is 5.66. The number of aryl methyl sites for hydroxylation is 1. The molecule has 0 saturated carbocycles.